The number of carbonyl (C=O) groups is 1. The summed E-state index contributed by atoms with van der Waals surface area (Å²) in [4.78, 5) is 12.0. The zero-order valence-electron chi connectivity index (χ0n) is 9.44. The van der Waals surface area contributed by atoms with Crippen molar-refractivity contribution in [2.24, 2.45) is 0 Å². The summed E-state index contributed by atoms with van der Waals surface area (Å²) in [5, 5.41) is 2.83. The lowest BCUT2D eigenvalue weighted by Gasteiger charge is -2.13. The zero-order valence-corrected chi connectivity index (χ0v) is 9.44. The Morgan fingerprint density at radius 1 is 1.06 bits per heavy atom. The molecule has 0 atom stereocenters. The van der Waals surface area contributed by atoms with Crippen molar-refractivity contribution in [1.29, 1.82) is 0 Å². The third-order valence-corrected chi connectivity index (χ3v) is 2.63. The topological polar surface area (TPSA) is 29.1 Å². The Kier molecular flexibility index (Phi) is 3.06. The van der Waals surface area contributed by atoms with Crippen LogP contribution in [0.5, 0.6) is 0 Å². The second kappa shape index (κ2) is 4.66. The largest absolute Gasteiger partial charge is 0.321 e. The smallest absolute Gasteiger partial charge is 0.256 e. The van der Waals surface area contributed by atoms with Gasteiger partial charge >= 0.3 is 0 Å². The van der Waals surface area contributed by atoms with E-state index in [4.69, 9.17) is 0 Å². The summed E-state index contributed by atoms with van der Waals surface area (Å²) in [5.41, 5.74) is 3.08. The van der Waals surface area contributed by atoms with E-state index in [0.29, 0.717) is 11.3 Å². The van der Waals surface area contributed by atoms with Crippen molar-refractivity contribution in [3.63, 3.8) is 0 Å². The van der Waals surface area contributed by atoms with E-state index in [2.05, 4.69) is 18.5 Å². The van der Waals surface area contributed by atoms with Gasteiger partial charge < -0.3 is 5.32 Å². The monoisotopic (exact) mass is 223 g/mol. The third-order valence-electron chi connectivity index (χ3n) is 2.63. The van der Waals surface area contributed by atoms with Gasteiger partial charge in [0.15, 0.2) is 0 Å². The molecule has 17 heavy (non-hydrogen) atoms. The molecule has 1 aromatic carbocycles. The average molecular weight is 223 g/mol. The maximum absolute atomic E-state index is 12.0. The molecule has 1 aromatic rings. The Morgan fingerprint density at radius 3 is 2.53 bits per heavy atom. The van der Waals surface area contributed by atoms with Crippen LogP contribution in [-0.4, -0.2) is 5.91 Å². The summed E-state index contributed by atoms with van der Waals surface area (Å²) < 4.78 is 0. The highest BCUT2D eigenvalue weighted by Gasteiger charge is 2.13. The van der Waals surface area contributed by atoms with Crippen molar-refractivity contribution in [3.05, 3.63) is 78.0 Å². The van der Waals surface area contributed by atoms with E-state index in [-0.39, 0.29) is 5.91 Å². The highest BCUT2D eigenvalue weighted by molar-refractivity contribution is 5.99. The maximum Gasteiger partial charge on any atom is 0.256 e. The minimum absolute atomic E-state index is 0.126. The number of fused-ring (bicyclic) bond motifs is 1. The number of benzene rings is 1. The van der Waals surface area contributed by atoms with E-state index in [1.165, 1.54) is 0 Å². The Bertz CT molecular complexity index is 550. The van der Waals surface area contributed by atoms with Gasteiger partial charge in [0.2, 0.25) is 0 Å². The predicted molar refractivity (Wildman–Crippen MR) is 70.4 cm³/mol. The maximum atomic E-state index is 12.0. The minimum atomic E-state index is -0.126. The number of allylic oxidation sites excluding steroid dienone is 4. The number of amides is 1. The number of nitrogens with one attached hydrogen (secondary N) is 1. The van der Waals surface area contributed by atoms with Gasteiger partial charge in [-0.2, -0.15) is 0 Å². The summed E-state index contributed by atoms with van der Waals surface area (Å²) in [6, 6.07) is 7.46. The van der Waals surface area contributed by atoms with Crippen LogP contribution in [0, 0.1) is 0 Å². The van der Waals surface area contributed by atoms with Crippen LogP contribution >= 0.6 is 0 Å². The summed E-state index contributed by atoms with van der Waals surface area (Å²) in [6.45, 7) is 7.42. The third kappa shape index (κ3) is 2.11. The van der Waals surface area contributed by atoms with E-state index in [1.54, 1.807) is 18.2 Å². The van der Waals surface area contributed by atoms with Gasteiger partial charge in [-0.15, -0.1) is 0 Å². The lowest BCUT2D eigenvalue weighted by Crippen LogP contribution is -2.24. The standard InChI is InChI=1S/C15H13NO/c1-3-11-9-10-12-7-5-6-8-13(12)15(17)16-14(11)4-2/h3-10H,1-2H2,(H,16,17). The molecular weight excluding hydrogens is 210 g/mol. The summed E-state index contributed by atoms with van der Waals surface area (Å²) in [7, 11) is 0. The molecular formula is C15H13NO. The van der Waals surface area contributed by atoms with Crippen molar-refractivity contribution >= 4 is 12.0 Å². The Labute approximate surface area is 101 Å². The van der Waals surface area contributed by atoms with Crippen molar-refractivity contribution in [2.75, 3.05) is 0 Å². The molecule has 0 aromatic heterocycles. The molecule has 0 unspecified atom stereocenters. The number of hydrogen-bond acceptors (Lipinski definition) is 1. The molecule has 1 N–H and O–H groups in total. The molecule has 0 saturated heterocycles. The van der Waals surface area contributed by atoms with Crippen LogP contribution in [0.1, 0.15) is 15.9 Å². The number of rotatable bonds is 2. The fraction of sp³-hybridized carbons (Fsp3) is 0. The second-order valence-electron chi connectivity index (χ2n) is 3.65. The van der Waals surface area contributed by atoms with Gasteiger partial charge in [0.25, 0.3) is 5.91 Å². The molecule has 0 spiro atoms. The molecule has 0 bridgehead atoms. The zero-order chi connectivity index (χ0) is 12.3. The Morgan fingerprint density at radius 2 is 1.82 bits per heavy atom. The normalized spacial score (nSPS) is 20.6. The quantitative estimate of drug-likeness (QED) is 0.820. The van der Waals surface area contributed by atoms with Crippen molar-refractivity contribution in [1.82, 2.24) is 5.32 Å². The van der Waals surface area contributed by atoms with Crippen molar-refractivity contribution in [2.45, 2.75) is 0 Å². The van der Waals surface area contributed by atoms with Gasteiger partial charge in [0, 0.05) is 11.3 Å². The number of hydrogen-bond donors (Lipinski definition) is 1. The van der Waals surface area contributed by atoms with Gasteiger partial charge in [0.1, 0.15) is 0 Å². The van der Waals surface area contributed by atoms with Gasteiger partial charge in [-0.3, -0.25) is 4.79 Å². The van der Waals surface area contributed by atoms with E-state index < -0.39 is 0 Å². The van der Waals surface area contributed by atoms with Crippen LogP contribution in [0.25, 0.3) is 6.08 Å². The first-order valence-electron chi connectivity index (χ1n) is 5.34. The lowest BCUT2D eigenvalue weighted by molar-refractivity contribution is 0.0966. The van der Waals surface area contributed by atoms with Crippen molar-refractivity contribution in [3.8, 4) is 0 Å². The van der Waals surface area contributed by atoms with E-state index in [9.17, 15) is 4.79 Å². The van der Waals surface area contributed by atoms with Crippen LogP contribution in [0.15, 0.2) is 66.9 Å². The molecule has 1 aliphatic rings. The Hall–Kier alpha value is -2.35. The minimum Gasteiger partial charge on any atom is -0.321 e. The SMILES string of the molecule is C=CC1=C(\C=C)NC(=O)c2ccccc2/C=C\1. The first-order chi connectivity index (χ1) is 8.26. The van der Waals surface area contributed by atoms with Crippen LogP contribution in [0.2, 0.25) is 0 Å². The molecule has 1 heterocycles. The van der Waals surface area contributed by atoms with E-state index in [0.717, 1.165) is 11.1 Å². The van der Waals surface area contributed by atoms with Gasteiger partial charge in [-0.05, 0) is 23.3 Å². The molecule has 2 heteroatoms. The molecule has 2 rings (SSSR count). The molecule has 1 amide bonds. The molecule has 0 radical (unpaired) electrons. The second-order valence-corrected chi connectivity index (χ2v) is 3.65. The highest BCUT2D eigenvalue weighted by Crippen LogP contribution is 2.17. The molecule has 0 aliphatic carbocycles. The fourth-order valence-electron chi connectivity index (χ4n) is 1.73. The predicted octanol–water partition coefficient (Wildman–Crippen LogP) is 3.07. The summed E-state index contributed by atoms with van der Waals surface area (Å²) >= 11 is 0. The summed E-state index contributed by atoms with van der Waals surface area (Å²) in [5.74, 6) is -0.126. The Balaban J connectivity index is 2.59. The molecule has 0 fully saturated rings. The summed E-state index contributed by atoms with van der Waals surface area (Å²) in [6.07, 6.45) is 7.14. The lowest BCUT2D eigenvalue weighted by atomic mass is 10.0. The van der Waals surface area contributed by atoms with E-state index >= 15 is 0 Å². The highest BCUT2D eigenvalue weighted by atomic mass is 16.1. The molecule has 2 nitrogen and oxygen atoms in total. The van der Waals surface area contributed by atoms with Gasteiger partial charge in [0.05, 0.1) is 0 Å². The van der Waals surface area contributed by atoms with Gasteiger partial charge in [-0.25, -0.2) is 0 Å². The fourth-order valence-corrected chi connectivity index (χ4v) is 1.73. The van der Waals surface area contributed by atoms with E-state index in [1.807, 2.05) is 30.4 Å². The first-order valence-corrected chi connectivity index (χ1v) is 5.34. The average Bonchev–Trinajstić information content (AvgIpc) is 2.36. The molecule has 1 aliphatic heterocycles. The first kappa shape index (κ1) is 11.1. The van der Waals surface area contributed by atoms with Crippen LogP contribution < -0.4 is 5.32 Å². The molecule has 0 saturated carbocycles. The number of carbonyl (C=O) groups excluding carboxylic acids is 1. The van der Waals surface area contributed by atoms with Gasteiger partial charge in [-0.1, -0.05) is 49.6 Å². The van der Waals surface area contributed by atoms with Crippen LogP contribution in [0.3, 0.4) is 0 Å². The molecule has 84 valence electrons. The van der Waals surface area contributed by atoms with Crippen LogP contribution in [0.4, 0.5) is 0 Å². The van der Waals surface area contributed by atoms with Crippen molar-refractivity contribution < 1.29 is 4.79 Å². The van der Waals surface area contributed by atoms with Crippen LogP contribution in [-0.2, 0) is 0 Å².